The lowest BCUT2D eigenvalue weighted by Gasteiger charge is -2.12. The maximum Gasteiger partial charge on any atom is 0.327 e. The molecule has 0 amide bonds. The second-order valence-electron chi connectivity index (χ2n) is 2.41. The predicted octanol–water partition coefficient (Wildman–Crippen LogP) is 1.98. The van der Waals surface area contributed by atoms with E-state index < -0.39 is 8.60 Å². The molecule has 2 N–H and O–H groups in total. The summed E-state index contributed by atoms with van der Waals surface area (Å²) < 4.78 is 4.81. The Hall–Kier alpha value is -0.470. The molecular weight excluding hydrogens is 175 g/mol. The van der Waals surface area contributed by atoms with E-state index in [9.17, 15) is 0 Å². The van der Waals surface area contributed by atoms with E-state index in [0.717, 1.165) is 5.56 Å². The molecule has 0 heterocycles. The molecule has 0 fully saturated rings. The zero-order chi connectivity index (χ0) is 8.97. The van der Waals surface area contributed by atoms with Crippen molar-refractivity contribution in [3.63, 3.8) is 0 Å². The predicted molar refractivity (Wildman–Crippen MR) is 47.3 cm³/mol. The minimum atomic E-state index is -2.26. The molecule has 12 heavy (non-hydrogen) atoms. The third-order valence-electron chi connectivity index (χ3n) is 1.52. The largest absolute Gasteiger partial charge is 0.328 e. The summed E-state index contributed by atoms with van der Waals surface area (Å²) in [7, 11) is -2.26. The maximum atomic E-state index is 8.58. The fourth-order valence-corrected chi connectivity index (χ4v) is 1.33. The first-order valence-electron chi connectivity index (χ1n) is 3.59. The Labute approximate surface area is 72.6 Å². The Morgan fingerprint density at radius 3 is 2.33 bits per heavy atom. The second kappa shape index (κ2) is 4.53. The Morgan fingerprint density at radius 1 is 1.25 bits per heavy atom. The first-order chi connectivity index (χ1) is 5.70. The molecule has 1 aromatic carbocycles. The average molecular weight is 186 g/mol. The molecule has 3 nitrogen and oxygen atoms in total. The van der Waals surface area contributed by atoms with Gasteiger partial charge in [-0.15, -0.1) is 0 Å². The highest BCUT2D eigenvalue weighted by atomic mass is 31.2. The van der Waals surface area contributed by atoms with Crippen LogP contribution in [0, 0.1) is 0 Å². The van der Waals surface area contributed by atoms with Crippen molar-refractivity contribution in [1.82, 2.24) is 0 Å². The van der Waals surface area contributed by atoms with Crippen molar-refractivity contribution in [1.29, 1.82) is 0 Å². The van der Waals surface area contributed by atoms with Crippen molar-refractivity contribution < 1.29 is 14.3 Å². The summed E-state index contributed by atoms with van der Waals surface area (Å²) in [6.07, 6.45) is -0.271. The molecule has 66 valence electrons. The van der Waals surface area contributed by atoms with E-state index >= 15 is 0 Å². The maximum absolute atomic E-state index is 8.58. The van der Waals surface area contributed by atoms with E-state index in [1.54, 1.807) is 6.92 Å². The van der Waals surface area contributed by atoms with Crippen molar-refractivity contribution in [2.24, 2.45) is 0 Å². The molecule has 0 aliphatic carbocycles. The molecule has 0 bridgehead atoms. The highest BCUT2D eigenvalue weighted by molar-refractivity contribution is 7.39. The van der Waals surface area contributed by atoms with Gasteiger partial charge in [0.25, 0.3) is 0 Å². The molecule has 0 radical (unpaired) electrons. The van der Waals surface area contributed by atoms with Gasteiger partial charge in [-0.2, -0.15) is 0 Å². The lowest BCUT2D eigenvalue weighted by Crippen LogP contribution is -1.94. The molecule has 0 aromatic heterocycles. The van der Waals surface area contributed by atoms with Gasteiger partial charge < -0.3 is 14.3 Å². The third kappa shape index (κ3) is 2.88. The Balaban J connectivity index is 2.59. The van der Waals surface area contributed by atoms with E-state index in [1.807, 2.05) is 30.3 Å². The molecule has 0 saturated heterocycles. The first kappa shape index (κ1) is 9.62. The summed E-state index contributed by atoms with van der Waals surface area (Å²) in [6.45, 7) is 1.77. The number of benzene rings is 1. The monoisotopic (exact) mass is 186 g/mol. The zero-order valence-corrected chi connectivity index (χ0v) is 7.61. The van der Waals surface area contributed by atoms with Crippen LogP contribution >= 0.6 is 8.60 Å². The molecule has 1 unspecified atom stereocenters. The third-order valence-corrected chi connectivity index (χ3v) is 2.03. The summed E-state index contributed by atoms with van der Waals surface area (Å²) in [5.41, 5.74) is 0.938. The van der Waals surface area contributed by atoms with Crippen LogP contribution in [0.1, 0.15) is 18.6 Å². The second-order valence-corrected chi connectivity index (χ2v) is 3.13. The molecule has 1 rings (SSSR count). The summed E-state index contributed by atoms with van der Waals surface area (Å²) in [5.74, 6) is 0. The van der Waals surface area contributed by atoms with Gasteiger partial charge in [0.05, 0.1) is 6.10 Å². The number of hydrogen-bond acceptors (Lipinski definition) is 3. The summed E-state index contributed by atoms with van der Waals surface area (Å²) in [5, 5.41) is 0. The van der Waals surface area contributed by atoms with Gasteiger partial charge >= 0.3 is 8.60 Å². The van der Waals surface area contributed by atoms with Gasteiger partial charge in [0.1, 0.15) is 0 Å². The van der Waals surface area contributed by atoms with Gasteiger partial charge in [-0.1, -0.05) is 30.3 Å². The lowest BCUT2D eigenvalue weighted by atomic mass is 10.1. The van der Waals surface area contributed by atoms with Gasteiger partial charge in [0, 0.05) is 0 Å². The van der Waals surface area contributed by atoms with Crippen LogP contribution in [0.2, 0.25) is 0 Å². The fraction of sp³-hybridized carbons (Fsp3) is 0.250. The fourth-order valence-electron chi connectivity index (χ4n) is 0.926. The van der Waals surface area contributed by atoms with Crippen LogP contribution in [0.5, 0.6) is 0 Å². The van der Waals surface area contributed by atoms with E-state index in [2.05, 4.69) is 0 Å². The Morgan fingerprint density at radius 2 is 1.83 bits per heavy atom. The smallest absolute Gasteiger partial charge is 0.327 e. The Kier molecular flexibility index (Phi) is 3.63. The van der Waals surface area contributed by atoms with Crippen molar-refractivity contribution >= 4 is 8.60 Å². The van der Waals surface area contributed by atoms with E-state index in [4.69, 9.17) is 14.3 Å². The molecule has 0 aliphatic heterocycles. The lowest BCUT2D eigenvalue weighted by molar-refractivity contribution is 0.189. The van der Waals surface area contributed by atoms with Crippen LogP contribution in [0.15, 0.2) is 30.3 Å². The highest BCUT2D eigenvalue weighted by Gasteiger charge is 2.09. The van der Waals surface area contributed by atoms with Crippen molar-refractivity contribution in [2.45, 2.75) is 13.0 Å². The summed E-state index contributed by atoms with van der Waals surface area (Å²) >= 11 is 0. The van der Waals surface area contributed by atoms with Crippen LogP contribution < -0.4 is 0 Å². The standard InChI is InChI=1S/C8H11O3P/c1-7(11-12(9)10)8-5-3-2-4-6-8/h2-7,9-10H,1H3. The molecule has 0 aliphatic rings. The van der Waals surface area contributed by atoms with Crippen LogP contribution in [0.4, 0.5) is 0 Å². The highest BCUT2D eigenvalue weighted by Crippen LogP contribution is 2.33. The van der Waals surface area contributed by atoms with Crippen LogP contribution in [0.25, 0.3) is 0 Å². The van der Waals surface area contributed by atoms with Crippen LogP contribution in [-0.4, -0.2) is 9.79 Å². The topological polar surface area (TPSA) is 49.7 Å². The van der Waals surface area contributed by atoms with Crippen molar-refractivity contribution in [3.05, 3.63) is 35.9 Å². The van der Waals surface area contributed by atoms with Crippen molar-refractivity contribution in [3.8, 4) is 0 Å². The van der Waals surface area contributed by atoms with Crippen LogP contribution in [-0.2, 0) is 4.52 Å². The van der Waals surface area contributed by atoms with E-state index in [-0.39, 0.29) is 6.10 Å². The van der Waals surface area contributed by atoms with Crippen molar-refractivity contribution in [2.75, 3.05) is 0 Å². The summed E-state index contributed by atoms with van der Waals surface area (Å²) in [6, 6.07) is 9.42. The Bertz CT molecular complexity index is 225. The van der Waals surface area contributed by atoms with Crippen LogP contribution in [0.3, 0.4) is 0 Å². The van der Waals surface area contributed by atoms with Gasteiger partial charge in [-0.25, -0.2) is 0 Å². The SMILES string of the molecule is CC(OP(O)O)c1ccccc1. The minimum Gasteiger partial charge on any atom is -0.328 e. The normalized spacial score (nSPS) is 13.3. The van der Waals surface area contributed by atoms with Gasteiger partial charge in [0.15, 0.2) is 0 Å². The van der Waals surface area contributed by atoms with Gasteiger partial charge in [-0.3, -0.25) is 0 Å². The molecule has 0 spiro atoms. The number of rotatable bonds is 3. The molecular formula is C8H11O3P. The minimum absolute atomic E-state index is 0.271. The van der Waals surface area contributed by atoms with E-state index in [0.29, 0.717) is 0 Å². The average Bonchev–Trinajstić information content (AvgIpc) is 2.05. The molecule has 0 saturated carbocycles. The molecule has 4 heteroatoms. The first-order valence-corrected chi connectivity index (χ1v) is 4.76. The zero-order valence-electron chi connectivity index (χ0n) is 6.71. The van der Waals surface area contributed by atoms with Gasteiger partial charge in [-0.05, 0) is 12.5 Å². The summed E-state index contributed by atoms with van der Waals surface area (Å²) in [4.78, 5) is 17.2. The number of hydrogen-bond donors (Lipinski definition) is 2. The quantitative estimate of drug-likeness (QED) is 0.709. The molecule has 1 atom stereocenters. The molecule has 1 aromatic rings. The van der Waals surface area contributed by atoms with E-state index in [1.165, 1.54) is 0 Å². The van der Waals surface area contributed by atoms with Gasteiger partial charge in [0.2, 0.25) is 0 Å².